The molecule has 0 aliphatic rings. The van der Waals surface area contributed by atoms with Gasteiger partial charge in [-0.15, -0.1) is 0 Å². The molecule has 1 unspecified atom stereocenters. The third-order valence-corrected chi connectivity index (χ3v) is 4.64. The number of hydrogen-bond donors (Lipinski definition) is 2. The predicted octanol–water partition coefficient (Wildman–Crippen LogP) is 4.28. The Balaban J connectivity index is 0.00000132. The molecule has 0 saturated heterocycles. The van der Waals surface area contributed by atoms with Gasteiger partial charge in [-0.3, -0.25) is 9.20 Å². The molecule has 3 heterocycles. The zero-order valence-corrected chi connectivity index (χ0v) is 18.2. The van der Waals surface area contributed by atoms with Gasteiger partial charge in [0.15, 0.2) is 0 Å². The monoisotopic (exact) mass is 421 g/mol. The first-order valence-electron chi connectivity index (χ1n) is 10.4. The summed E-state index contributed by atoms with van der Waals surface area (Å²) in [4.78, 5) is 21.4. The van der Waals surface area contributed by atoms with E-state index < -0.39 is 6.10 Å². The van der Waals surface area contributed by atoms with E-state index >= 15 is 0 Å². The smallest absolute Gasteiger partial charge is 0.274 e. The van der Waals surface area contributed by atoms with Crippen LogP contribution in [0.2, 0.25) is 0 Å². The summed E-state index contributed by atoms with van der Waals surface area (Å²) < 4.78 is 6.99. The quantitative estimate of drug-likeness (QED) is 0.481. The van der Waals surface area contributed by atoms with Gasteiger partial charge in [-0.05, 0) is 44.0 Å². The van der Waals surface area contributed by atoms with Gasteiger partial charge in [0.25, 0.3) is 5.91 Å². The van der Waals surface area contributed by atoms with Crippen LogP contribution in [0.1, 0.15) is 49.1 Å². The van der Waals surface area contributed by atoms with Crippen molar-refractivity contribution in [3.8, 4) is 11.4 Å². The molecule has 0 aliphatic carbocycles. The Morgan fingerprint density at radius 3 is 2.84 bits per heavy atom. The molecular formula is C23H27N5O3. The van der Waals surface area contributed by atoms with Crippen LogP contribution in [0.5, 0.6) is 0 Å². The molecule has 0 fully saturated rings. The lowest BCUT2D eigenvalue weighted by Gasteiger charge is -2.09. The van der Waals surface area contributed by atoms with Gasteiger partial charge in [0, 0.05) is 23.9 Å². The fourth-order valence-electron chi connectivity index (χ4n) is 2.99. The number of aryl methyl sites for hydroxylation is 2. The zero-order valence-electron chi connectivity index (χ0n) is 18.2. The molecule has 1 aromatic carbocycles. The fraction of sp³-hybridized carbons (Fsp3) is 0.304. The average molecular weight is 422 g/mol. The summed E-state index contributed by atoms with van der Waals surface area (Å²) in [7, 11) is 0. The van der Waals surface area contributed by atoms with Gasteiger partial charge in [-0.25, -0.2) is 4.98 Å². The summed E-state index contributed by atoms with van der Waals surface area (Å²) in [5.41, 5.74) is 3.46. The van der Waals surface area contributed by atoms with Gasteiger partial charge in [-0.1, -0.05) is 37.2 Å². The second-order valence-corrected chi connectivity index (χ2v) is 6.96. The van der Waals surface area contributed by atoms with Crippen LogP contribution < -0.4 is 5.32 Å². The molecule has 0 aliphatic heterocycles. The van der Waals surface area contributed by atoms with E-state index in [-0.39, 0.29) is 5.91 Å². The number of pyridine rings is 1. The van der Waals surface area contributed by atoms with Crippen molar-refractivity contribution in [3.05, 3.63) is 65.9 Å². The zero-order chi connectivity index (χ0) is 22.4. The van der Waals surface area contributed by atoms with Crippen LogP contribution in [0, 0.1) is 6.92 Å². The molecule has 0 bridgehead atoms. The number of fused-ring (bicyclic) bond motifs is 1. The van der Waals surface area contributed by atoms with E-state index in [1.165, 1.54) is 0 Å². The molecule has 8 heteroatoms. The average Bonchev–Trinajstić information content (AvgIpc) is 3.42. The molecule has 2 N–H and O–H groups in total. The molecule has 0 saturated carbocycles. The standard InChI is InChI=1S/C21H21N5O3.C2H6/c1-13-6-8-15(20-24-19(29-25-20)9-7-14(2)27)11-16(13)23-21(28)17-12-22-18-5-3-4-10-26(17)18;1-2/h3-6,8,10-12,14,27H,7,9H2,1-2H3,(H,23,28);1-2H3. The lowest BCUT2D eigenvalue weighted by atomic mass is 10.1. The first-order chi connectivity index (χ1) is 15.0. The van der Waals surface area contributed by atoms with Crippen molar-refractivity contribution in [1.29, 1.82) is 0 Å². The largest absolute Gasteiger partial charge is 0.393 e. The summed E-state index contributed by atoms with van der Waals surface area (Å²) in [6.07, 6.45) is 3.99. The molecular weight excluding hydrogens is 394 g/mol. The maximum atomic E-state index is 12.8. The molecule has 0 spiro atoms. The molecule has 8 nitrogen and oxygen atoms in total. The van der Waals surface area contributed by atoms with E-state index in [1.54, 1.807) is 23.7 Å². The molecule has 1 amide bonds. The van der Waals surface area contributed by atoms with Gasteiger partial charge in [0.2, 0.25) is 11.7 Å². The normalized spacial score (nSPS) is 11.6. The number of aliphatic hydroxyl groups excluding tert-OH is 1. The second-order valence-electron chi connectivity index (χ2n) is 6.96. The van der Waals surface area contributed by atoms with Gasteiger partial charge >= 0.3 is 0 Å². The SMILES string of the molecule is CC.Cc1ccc(-c2noc(CCC(C)O)n2)cc1NC(=O)c1cnc2ccccn12. The van der Waals surface area contributed by atoms with Crippen LogP contribution >= 0.6 is 0 Å². The minimum Gasteiger partial charge on any atom is -0.393 e. The van der Waals surface area contributed by atoms with E-state index in [1.807, 2.05) is 57.2 Å². The maximum absolute atomic E-state index is 12.8. The Labute approximate surface area is 180 Å². The van der Waals surface area contributed by atoms with E-state index in [2.05, 4.69) is 20.4 Å². The van der Waals surface area contributed by atoms with E-state index in [0.717, 1.165) is 11.1 Å². The number of hydrogen-bond acceptors (Lipinski definition) is 6. The van der Waals surface area contributed by atoms with Crippen LogP contribution in [0.4, 0.5) is 5.69 Å². The topological polar surface area (TPSA) is 106 Å². The number of carbonyl (C=O) groups excluding carboxylic acids is 1. The summed E-state index contributed by atoms with van der Waals surface area (Å²) in [6, 6.07) is 11.2. The van der Waals surface area contributed by atoms with Crippen LogP contribution in [0.25, 0.3) is 17.0 Å². The van der Waals surface area contributed by atoms with Crippen molar-refractivity contribution in [2.45, 2.75) is 46.6 Å². The minimum absolute atomic E-state index is 0.255. The highest BCUT2D eigenvalue weighted by molar-refractivity contribution is 6.04. The fourth-order valence-corrected chi connectivity index (χ4v) is 2.99. The van der Waals surface area contributed by atoms with Crippen molar-refractivity contribution in [3.63, 3.8) is 0 Å². The maximum Gasteiger partial charge on any atom is 0.274 e. The summed E-state index contributed by atoms with van der Waals surface area (Å²) in [5.74, 6) is 0.656. The molecule has 0 radical (unpaired) electrons. The summed E-state index contributed by atoms with van der Waals surface area (Å²) in [6.45, 7) is 7.63. The highest BCUT2D eigenvalue weighted by atomic mass is 16.5. The third kappa shape index (κ3) is 5.16. The Hall–Kier alpha value is -3.52. The molecule has 1 atom stereocenters. The number of aromatic nitrogens is 4. The lowest BCUT2D eigenvalue weighted by Crippen LogP contribution is -2.15. The highest BCUT2D eigenvalue weighted by Crippen LogP contribution is 2.24. The number of amides is 1. The predicted molar refractivity (Wildman–Crippen MR) is 119 cm³/mol. The molecule has 3 aromatic heterocycles. The van der Waals surface area contributed by atoms with Crippen LogP contribution in [0.15, 0.2) is 53.3 Å². The number of benzene rings is 1. The number of nitrogens with one attached hydrogen (secondary N) is 1. The van der Waals surface area contributed by atoms with E-state index in [0.29, 0.717) is 41.6 Å². The number of carbonyl (C=O) groups is 1. The molecule has 4 aromatic rings. The summed E-state index contributed by atoms with van der Waals surface area (Å²) in [5, 5.41) is 16.3. The Kier molecular flexibility index (Phi) is 7.15. The first-order valence-corrected chi connectivity index (χ1v) is 10.4. The van der Waals surface area contributed by atoms with Crippen molar-refractivity contribution < 1.29 is 14.4 Å². The number of rotatable bonds is 6. The number of imidazole rings is 1. The van der Waals surface area contributed by atoms with Gasteiger partial charge < -0.3 is 14.9 Å². The van der Waals surface area contributed by atoms with Crippen LogP contribution in [-0.4, -0.2) is 36.6 Å². The third-order valence-electron chi connectivity index (χ3n) is 4.64. The Morgan fingerprint density at radius 2 is 2.06 bits per heavy atom. The van der Waals surface area contributed by atoms with Crippen molar-refractivity contribution in [1.82, 2.24) is 19.5 Å². The van der Waals surface area contributed by atoms with Gasteiger partial charge in [0.05, 0.1) is 12.3 Å². The summed E-state index contributed by atoms with van der Waals surface area (Å²) >= 11 is 0. The lowest BCUT2D eigenvalue weighted by molar-refractivity contribution is 0.102. The highest BCUT2D eigenvalue weighted by Gasteiger charge is 2.15. The minimum atomic E-state index is -0.425. The molecule has 4 rings (SSSR count). The van der Waals surface area contributed by atoms with Crippen molar-refractivity contribution >= 4 is 17.2 Å². The van der Waals surface area contributed by atoms with Crippen LogP contribution in [-0.2, 0) is 6.42 Å². The van der Waals surface area contributed by atoms with Crippen LogP contribution in [0.3, 0.4) is 0 Å². The Bertz CT molecular complexity index is 1160. The first kappa shape index (κ1) is 22.2. The second kappa shape index (κ2) is 9.99. The van der Waals surface area contributed by atoms with Gasteiger partial charge in [-0.2, -0.15) is 4.98 Å². The molecule has 31 heavy (non-hydrogen) atoms. The number of nitrogens with zero attached hydrogens (tertiary/aromatic N) is 4. The Morgan fingerprint density at radius 1 is 1.26 bits per heavy atom. The number of aliphatic hydroxyl groups is 1. The van der Waals surface area contributed by atoms with E-state index in [9.17, 15) is 9.90 Å². The molecule has 162 valence electrons. The van der Waals surface area contributed by atoms with Gasteiger partial charge in [0.1, 0.15) is 11.3 Å². The van der Waals surface area contributed by atoms with Crippen molar-refractivity contribution in [2.75, 3.05) is 5.32 Å². The van der Waals surface area contributed by atoms with Crippen molar-refractivity contribution in [2.24, 2.45) is 0 Å². The number of anilines is 1. The van der Waals surface area contributed by atoms with E-state index in [4.69, 9.17) is 4.52 Å².